The highest BCUT2D eigenvalue weighted by Crippen LogP contribution is 2.31. The molecule has 0 amide bonds. The van der Waals surface area contributed by atoms with E-state index in [1.807, 2.05) is 24.3 Å². The van der Waals surface area contributed by atoms with Crippen molar-refractivity contribution in [2.24, 2.45) is 10.7 Å². The summed E-state index contributed by atoms with van der Waals surface area (Å²) >= 11 is 0. The number of nitrogens with two attached hydrogens (primary N) is 1. The number of hydrogen-bond donors (Lipinski definition) is 2. The number of aliphatic imine (C=N–C) groups is 1. The maximum atomic E-state index is 12.5. The van der Waals surface area contributed by atoms with Gasteiger partial charge in [-0.3, -0.25) is 4.99 Å². The van der Waals surface area contributed by atoms with E-state index in [0.717, 1.165) is 17.7 Å². The van der Waals surface area contributed by atoms with Crippen molar-refractivity contribution in [2.75, 3.05) is 13.2 Å². The van der Waals surface area contributed by atoms with Crippen molar-refractivity contribution in [2.45, 2.75) is 25.2 Å². The second kappa shape index (κ2) is 8.20. The Morgan fingerprint density at radius 1 is 1.19 bits per heavy atom. The minimum absolute atomic E-state index is 0.0143. The van der Waals surface area contributed by atoms with E-state index in [2.05, 4.69) is 15.0 Å². The lowest BCUT2D eigenvalue weighted by Gasteiger charge is -2.26. The zero-order valence-corrected chi connectivity index (χ0v) is 14.5. The molecule has 8 heteroatoms. The summed E-state index contributed by atoms with van der Waals surface area (Å²) in [5.41, 5.74) is 7.38. The number of benzene rings is 2. The fourth-order valence-corrected chi connectivity index (χ4v) is 2.95. The van der Waals surface area contributed by atoms with Crippen LogP contribution < -0.4 is 20.5 Å². The van der Waals surface area contributed by atoms with Gasteiger partial charge >= 0.3 is 6.36 Å². The molecule has 5 nitrogen and oxygen atoms in total. The molecule has 1 unspecified atom stereocenters. The van der Waals surface area contributed by atoms with Gasteiger partial charge in [0.2, 0.25) is 0 Å². The van der Waals surface area contributed by atoms with Crippen LogP contribution in [0.15, 0.2) is 53.5 Å². The van der Waals surface area contributed by atoms with Gasteiger partial charge in [-0.05, 0) is 24.1 Å². The Morgan fingerprint density at radius 2 is 1.93 bits per heavy atom. The van der Waals surface area contributed by atoms with Crippen molar-refractivity contribution >= 4 is 5.96 Å². The van der Waals surface area contributed by atoms with Gasteiger partial charge in [-0.2, -0.15) is 0 Å². The van der Waals surface area contributed by atoms with Crippen LogP contribution in [-0.4, -0.2) is 25.5 Å². The second-order valence-electron chi connectivity index (χ2n) is 6.04. The molecule has 0 bridgehead atoms. The van der Waals surface area contributed by atoms with Gasteiger partial charge in [0, 0.05) is 18.5 Å². The lowest BCUT2D eigenvalue weighted by molar-refractivity contribution is -0.274. The summed E-state index contributed by atoms with van der Waals surface area (Å²) in [5.74, 6) is 0.836. The molecule has 27 heavy (non-hydrogen) atoms. The molecule has 1 heterocycles. The lowest BCUT2D eigenvalue weighted by Crippen LogP contribution is -2.37. The van der Waals surface area contributed by atoms with Crippen molar-refractivity contribution in [3.8, 4) is 11.5 Å². The molecule has 3 N–H and O–H groups in total. The fraction of sp³-hybridized carbons (Fsp3) is 0.316. The molecule has 0 aromatic heterocycles. The Bertz CT molecular complexity index is 809. The van der Waals surface area contributed by atoms with Crippen LogP contribution in [0.25, 0.3) is 0 Å². The Hall–Kier alpha value is -2.90. The molecule has 2 aromatic rings. The highest BCUT2D eigenvalue weighted by molar-refractivity contribution is 5.78. The predicted molar refractivity (Wildman–Crippen MR) is 95.7 cm³/mol. The molecule has 0 fully saturated rings. The number of rotatable bonds is 5. The molecular weight excluding hydrogens is 359 g/mol. The number of halogens is 3. The van der Waals surface area contributed by atoms with Crippen LogP contribution in [0.1, 0.15) is 23.6 Å². The molecule has 0 spiro atoms. The van der Waals surface area contributed by atoms with Gasteiger partial charge in [-0.1, -0.05) is 36.4 Å². The maximum Gasteiger partial charge on any atom is 0.573 e. The van der Waals surface area contributed by atoms with Crippen LogP contribution in [-0.2, 0) is 6.42 Å². The minimum atomic E-state index is -4.73. The molecular formula is C19H20F3N3O2. The van der Waals surface area contributed by atoms with Crippen molar-refractivity contribution in [3.05, 3.63) is 59.7 Å². The zero-order chi connectivity index (χ0) is 19.3. The molecule has 1 atom stereocenters. The smallest absolute Gasteiger partial charge is 0.493 e. The van der Waals surface area contributed by atoms with Crippen LogP contribution in [0.3, 0.4) is 0 Å². The minimum Gasteiger partial charge on any atom is -0.493 e. The van der Waals surface area contributed by atoms with Gasteiger partial charge in [0.05, 0.1) is 12.6 Å². The summed E-state index contributed by atoms with van der Waals surface area (Å²) in [6.45, 7) is 0.812. The Labute approximate surface area is 155 Å². The number of guanidine groups is 1. The molecule has 1 aliphatic heterocycles. The molecule has 0 saturated carbocycles. The van der Waals surface area contributed by atoms with Crippen molar-refractivity contribution in [1.29, 1.82) is 0 Å². The molecule has 144 valence electrons. The summed E-state index contributed by atoms with van der Waals surface area (Å²) < 4.78 is 47.0. The molecule has 2 aromatic carbocycles. The highest BCUT2D eigenvalue weighted by Gasteiger charge is 2.31. The monoisotopic (exact) mass is 379 g/mol. The summed E-state index contributed by atoms with van der Waals surface area (Å²) in [6, 6.07) is 13.7. The Balaban J connectivity index is 1.60. The van der Waals surface area contributed by atoms with Crippen LogP contribution >= 0.6 is 0 Å². The number of hydrogen-bond acceptors (Lipinski definition) is 3. The normalized spacial score (nSPS) is 17.0. The number of nitrogens with zero attached hydrogens (tertiary/aromatic N) is 1. The van der Waals surface area contributed by atoms with Gasteiger partial charge in [0.15, 0.2) is 5.96 Å². The zero-order valence-electron chi connectivity index (χ0n) is 14.5. The van der Waals surface area contributed by atoms with Crippen molar-refractivity contribution < 1.29 is 22.6 Å². The third-order valence-corrected chi connectivity index (χ3v) is 4.14. The number of ether oxygens (including phenoxy) is 2. The van der Waals surface area contributed by atoms with Gasteiger partial charge in [-0.25, -0.2) is 0 Å². The summed E-state index contributed by atoms with van der Waals surface area (Å²) in [5, 5.41) is 3.15. The molecule has 1 aliphatic rings. The van der Waals surface area contributed by atoms with Crippen molar-refractivity contribution in [1.82, 2.24) is 5.32 Å². The first kappa shape index (κ1) is 18.9. The molecule has 0 aliphatic carbocycles. The van der Waals surface area contributed by atoms with Crippen LogP contribution in [0.2, 0.25) is 0 Å². The van der Waals surface area contributed by atoms with Crippen LogP contribution in [0.4, 0.5) is 13.2 Å². The third kappa shape index (κ3) is 5.29. The van der Waals surface area contributed by atoms with E-state index in [1.165, 1.54) is 12.1 Å². The Morgan fingerprint density at radius 3 is 2.74 bits per heavy atom. The van der Waals surface area contributed by atoms with Gasteiger partial charge in [0.25, 0.3) is 0 Å². The van der Waals surface area contributed by atoms with Crippen molar-refractivity contribution in [3.63, 3.8) is 0 Å². The largest absolute Gasteiger partial charge is 0.573 e. The standard InChI is InChI=1S/C19H20F3N3O2/c20-19(21,22)27-16-7-3-1-5-13(16)9-11-24-18(23)25-15-10-12-26-17-8-4-2-6-14(15)17/h1-8,15H,9-12H2,(H3,23,24,25). The van der Waals surface area contributed by atoms with E-state index in [4.69, 9.17) is 10.5 Å². The number of alkyl halides is 3. The fourth-order valence-electron chi connectivity index (χ4n) is 2.95. The SMILES string of the molecule is NC(=NCCc1ccccc1OC(F)(F)F)NC1CCOc2ccccc21. The molecule has 0 saturated heterocycles. The van der Waals surface area contributed by atoms with E-state index in [0.29, 0.717) is 12.2 Å². The number of fused-ring (bicyclic) bond motifs is 1. The number of nitrogens with one attached hydrogen (secondary N) is 1. The highest BCUT2D eigenvalue weighted by atomic mass is 19.4. The first-order valence-electron chi connectivity index (χ1n) is 8.54. The van der Waals surface area contributed by atoms with E-state index in [9.17, 15) is 13.2 Å². The first-order valence-corrected chi connectivity index (χ1v) is 8.54. The topological polar surface area (TPSA) is 68.9 Å². The maximum absolute atomic E-state index is 12.5. The van der Waals surface area contributed by atoms with Gasteiger partial charge < -0.3 is 20.5 Å². The third-order valence-electron chi connectivity index (χ3n) is 4.14. The second-order valence-corrected chi connectivity index (χ2v) is 6.04. The van der Waals surface area contributed by atoms with Gasteiger partial charge in [0.1, 0.15) is 11.5 Å². The molecule has 0 radical (unpaired) electrons. The van der Waals surface area contributed by atoms with E-state index >= 15 is 0 Å². The predicted octanol–water partition coefficient (Wildman–Crippen LogP) is 3.56. The van der Waals surface area contributed by atoms with E-state index in [1.54, 1.807) is 12.1 Å². The summed E-state index contributed by atoms with van der Waals surface area (Å²) in [6.07, 6.45) is -3.70. The average molecular weight is 379 g/mol. The molecule has 3 rings (SSSR count). The first-order chi connectivity index (χ1) is 12.9. The van der Waals surface area contributed by atoms with Gasteiger partial charge in [-0.15, -0.1) is 13.2 Å². The lowest BCUT2D eigenvalue weighted by atomic mass is 10.0. The van der Waals surface area contributed by atoms with E-state index < -0.39 is 6.36 Å². The Kier molecular flexibility index (Phi) is 5.73. The summed E-state index contributed by atoms with van der Waals surface area (Å²) in [4.78, 5) is 4.23. The van der Waals surface area contributed by atoms with Crippen LogP contribution in [0, 0.1) is 0 Å². The number of para-hydroxylation sites is 2. The average Bonchev–Trinajstić information content (AvgIpc) is 2.62. The van der Waals surface area contributed by atoms with Crippen LogP contribution in [0.5, 0.6) is 11.5 Å². The summed E-state index contributed by atoms with van der Waals surface area (Å²) in [7, 11) is 0. The van der Waals surface area contributed by atoms with E-state index in [-0.39, 0.29) is 30.7 Å². The quantitative estimate of drug-likeness (QED) is 0.616.